The molecule has 0 aromatic carbocycles. The lowest BCUT2D eigenvalue weighted by Gasteiger charge is -2.15. The number of nitrogens with one attached hydrogen (secondary N) is 1. The van der Waals surface area contributed by atoms with Crippen LogP contribution in [0.15, 0.2) is 12.1 Å². The van der Waals surface area contributed by atoms with E-state index in [1.54, 1.807) is 6.07 Å². The minimum Gasteiger partial charge on any atom is -0.476 e. The van der Waals surface area contributed by atoms with E-state index in [1.165, 1.54) is 6.07 Å². The summed E-state index contributed by atoms with van der Waals surface area (Å²) in [4.78, 5) is 10.6. The molecular weight excluding hydrogens is 218 g/mol. The van der Waals surface area contributed by atoms with E-state index in [1.807, 2.05) is 0 Å². The maximum atomic E-state index is 10.6. The van der Waals surface area contributed by atoms with Crippen molar-refractivity contribution in [2.45, 2.75) is 39.7 Å². The van der Waals surface area contributed by atoms with E-state index < -0.39 is 5.97 Å². The molecule has 5 nitrogen and oxygen atoms in total. The molecule has 0 aliphatic heterocycles. The third kappa shape index (κ3) is 4.80. The van der Waals surface area contributed by atoms with Crippen LogP contribution < -0.4 is 5.32 Å². The molecule has 0 radical (unpaired) electrons. The van der Waals surface area contributed by atoms with E-state index in [9.17, 15) is 4.79 Å². The Hall–Kier alpha value is -1.65. The molecule has 1 aromatic rings. The van der Waals surface area contributed by atoms with Gasteiger partial charge in [0.2, 0.25) is 0 Å². The lowest BCUT2D eigenvalue weighted by molar-refractivity contribution is 0.0689. The van der Waals surface area contributed by atoms with Gasteiger partial charge < -0.3 is 10.4 Å². The Bertz CT molecular complexity index is 363. The first-order valence-corrected chi connectivity index (χ1v) is 5.82. The predicted octanol–water partition coefficient (Wildman–Crippen LogP) is 2.41. The highest BCUT2D eigenvalue weighted by atomic mass is 16.4. The smallest absolute Gasteiger partial charge is 0.356 e. The fourth-order valence-electron chi connectivity index (χ4n) is 1.43. The summed E-state index contributed by atoms with van der Waals surface area (Å²) in [7, 11) is 0. The molecule has 2 N–H and O–H groups in total. The monoisotopic (exact) mass is 237 g/mol. The third-order valence-electron chi connectivity index (χ3n) is 2.45. The second-order valence-electron chi connectivity index (χ2n) is 4.63. The van der Waals surface area contributed by atoms with Gasteiger partial charge in [-0.1, -0.05) is 13.8 Å². The van der Waals surface area contributed by atoms with Crippen molar-refractivity contribution in [1.82, 2.24) is 10.2 Å². The maximum Gasteiger partial charge on any atom is 0.356 e. The minimum atomic E-state index is -1.06. The van der Waals surface area contributed by atoms with Crippen LogP contribution in [0, 0.1) is 5.92 Å². The van der Waals surface area contributed by atoms with Crippen LogP contribution in [0.2, 0.25) is 0 Å². The lowest BCUT2D eigenvalue weighted by atomic mass is 10.0. The Labute approximate surface area is 101 Å². The molecular formula is C12H19N3O2. The van der Waals surface area contributed by atoms with Crippen molar-refractivity contribution < 1.29 is 9.90 Å². The van der Waals surface area contributed by atoms with Crippen LogP contribution in [-0.2, 0) is 0 Å². The van der Waals surface area contributed by atoms with Gasteiger partial charge in [0, 0.05) is 6.04 Å². The van der Waals surface area contributed by atoms with Gasteiger partial charge in [0.1, 0.15) is 5.82 Å². The Morgan fingerprint density at radius 2 is 2.00 bits per heavy atom. The predicted molar refractivity (Wildman–Crippen MR) is 66.1 cm³/mol. The highest BCUT2D eigenvalue weighted by Gasteiger charge is 2.07. The van der Waals surface area contributed by atoms with Gasteiger partial charge in [-0.2, -0.15) is 0 Å². The summed E-state index contributed by atoms with van der Waals surface area (Å²) in [6, 6.07) is 3.40. The van der Waals surface area contributed by atoms with Crippen LogP contribution in [0.5, 0.6) is 0 Å². The van der Waals surface area contributed by atoms with E-state index in [-0.39, 0.29) is 5.69 Å². The van der Waals surface area contributed by atoms with Crippen molar-refractivity contribution in [2.24, 2.45) is 5.92 Å². The van der Waals surface area contributed by atoms with Crippen molar-refractivity contribution in [3.05, 3.63) is 17.8 Å². The fraction of sp³-hybridized carbons (Fsp3) is 0.583. The molecule has 1 heterocycles. The second kappa shape index (κ2) is 6.18. The number of aromatic carboxylic acids is 1. The van der Waals surface area contributed by atoms with Crippen LogP contribution >= 0.6 is 0 Å². The number of carboxylic acid groups (broad SMARTS) is 1. The maximum absolute atomic E-state index is 10.6. The number of hydrogen-bond donors (Lipinski definition) is 2. The molecule has 0 bridgehead atoms. The molecule has 1 unspecified atom stereocenters. The number of aromatic nitrogens is 2. The topological polar surface area (TPSA) is 75.1 Å². The van der Waals surface area contributed by atoms with Gasteiger partial charge >= 0.3 is 5.97 Å². The number of carboxylic acids is 1. The average Bonchev–Trinajstić information content (AvgIpc) is 2.27. The number of hydrogen-bond acceptors (Lipinski definition) is 4. The Kier molecular flexibility index (Phi) is 4.87. The number of carbonyl (C=O) groups is 1. The first-order valence-electron chi connectivity index (χ1n) is 5.82. The molecule has 0 saturated carbocycles. The van der Waals surface area contributed by atoms with Crippen molar-refractivity contribution in [2.75, 3.05) is 5.32 Å². The molecule has 1 atom stereocenters. The highest BCUT2D eigenvalue weighted by molar-refractivity contribution is 5.85. The fourth-order valence-corrected chi connectivity index (χ4v) is 1.43. The van der Waals surface area contributed by atoms with Crippen molar-refractivity contribution in [3.8, 4) is 0 Å². The molecule has 17 heavy (non-hydrogen) atoms. The summed E-state index contributed by atoms with van der Waals surface area (Å²) in [5.41, 5.74) is -0.0367. The summed E-state index contributed by atoms with van der Waals surface area (Å²) >= 11 is 0. The van der Waals surface area contributed by atoms with Gasteiger partial charge in [0.05, 0.1) is 0 Å². The van der Waals surface area contributed by atoms with Gasteiger partial charge in [-0.3, -0.25) is 0 Å². The van der Waals surface area contributed by atoms with Gasteiger partial charge in [-0.25, -0.2) is 4.79 Å². The largest absolute Gasteiger partial charge is 0.476 e. The van der Waals surface area contributed by atoms with E-state index in [0.717, 1.165) is 12.8 Å². The molecule has 0 aliphatic carbocycles. The first-order chi connectivity index (χ1) is 7.99. The van der Waals surface area contributed by atoms with Gasteiger partial charge in [-0.05, 0) is 37.8 Å². The average molecular weight is 237 g/mol. The van der Waals surface area contributed by atoms with Crippen LogP contribution in [0.4, 0.5) is 5.82 Å². The number of rotatable bonds is 6. The molecule has 1 aromatic heterocycles. The molecule has 0 spiro atoms. The number of anilines is 1. The van der Waals surface area contributed by atoms with Crippen LogP contribution in [0.25, 0.3) is 0 Å². The zero-order valence-electron chi connectivity index (χ0n) is 10.5. The Balaban J connectivity index is 2.48. The lowest BCUT2D eigenvalue weighted by Crippen LogP contribution is -2.17. The summed E-state index contributed by atoms with van der Waals surface area (Å²) in [6.07, 6.45) is 2.20. The third-order valence-corrected chi connectivity index (χ3v) is 2.45. The zero-order chi connectivity index (χ0) is 12.8. The molecule has 0 saturated heterocycles. The first kappa shape index (κ1) is 13.4. The van der Waals surface area contributed by atoms with E-state index >= 15 is 0 Å². The quantitative estimate of drug-likeness (QED) is 0.794. The molecule has 1 rings (SSSR count). The van der Waals surface area contributed by atoms with E-state index in [4.69, 9.17) is 5.11 Å². The summed E-state index contributed by atoms with van der Waals surface area (Å²) < 4.78 is 0. The molecule has 5 heteroatoms. The summed E-state index contributed by atoms with van der Waals surface area (Å²) in [5, 5.41) is 19.3. The van der Waals surface area contributed by atoms with Gasteiger partial charge in [0.25, 0.3) is 0 Å². The second-order valence-corrected chi connectivity index (χ2v) is 4.63. The SMILES string of the molecule is CC(C)CCC(C)Nc1ccc(C(=O)O)nn1. The van der Waals surface area contributed by atoms with Crippen molar-refractivity contribution in [1.29, 1.82) is 0 Å². The molecule has 0 aliphatic rings. The zero-order valence-corrected chi connectivity index (χ0v) is 10.5. The van der Waals surface area contributed by atoms with Gasteiger partial charge in [-0.15, -0.1) is 10.2 Å². The Morgan fingerprint density at radius 3 is 2.47 bits per heavy atom. The summed E-state index contributed by atoms with van der Waals surface area (Å²) in [5.74, 6) is 0.239. The summed E-state index contributed by atoms with van der Waals surface area (Å²) in [6.45, 7) is 6.46. The minimum absolute atomic E-state index is 0.0367. The van der Waals surface area contributed by atoms with Crippen molar-refractivity contribution >= 4 is 11.8 Å². The molecule has 94 valence electrons. The van der Waals surface area contributed by atoms with Crippen molar-refractivity contribution in [3.63, 3.8) is 0 Å². The van der Waals surface area contributed by atoms with Crippen LogP contribution in [0.3, 0.4) is 0 Å². The number of nitrogens with zero attached hydrogens (tertiary/aromatic N) is 2. The standard InChI is InChI=1S/C12H19N3O2/c1-8(2)4-5-9(3)13-11-7-6-10(12(16)17)14-15-11/h6-9H,4-5H2,1-3H3,(H,13,15)(H,16,17). The Morgan fingerprint density at radius 1 is 1.29 bits per heavy atom. The normalized spacial score (nSPS) is 12.5. The van der Waals surface area contributed by atoms with Crippen LogP contribution in [0.1, 0.15) is 44.1 Å². The molecule has 0 fully saturated rings. The van der Waals surface area contributed by atoms with Gasteiger partial charge in [0.15, 0.2) is 5.69 Å². The van der Waals surface area contributed by atoms with Crippen LogP contribution in [-0.4, -0.2) is 27.3 Å². The molecule has 0 amide bonds. The highest BCUT2D eigenvalue weighted by Crippen LogP contribution is 2.10. The van der Waals surface area contributed by atoms with E-state index in [0.29, 0.717) is 17.8 Å². The van der Waals surface area contributed by atoms with E-state index in [2.05, 4.69) is 36.3 Å².